The predicted octanol–water partition coefficient (Wildman–Crippen LogP) is 4.45. The summed E-state index contributed by atoms with van der Waals surface area (Å²) in [6.45, 7) is 9.72. The van der Waals surface area contributed by atoms with Gasteiger partial charge in [0.25, 0.3) is 0 Å². The molecular formula is C19H38N2. The van der Waals surface area contributed by atoms with Gasteiger partial charge >= 0.3 is 0 Å². The topological polar surface area (TPSA) is 15.3 Å². The number of nitrogens with zero attached hydrogens (tertiary/aromatic N) is 1. The van der Waals surface area contributed by atoms with E-state index in [4.69, 9.17) is 0 Å². The standard InChI is InChI=1S/C19H38N2/c1-17(2)16-20-13-7-3-4-8-14-21-15-9-12-19(21)18-10-5-6-11-18/h17-20H,3-16H2,1-2H3. The monoisotopic (exact) mass is 294 g/mol. The van der Waals surface area contributed by atoms with Gasteiger partial charge in [-0.25, -0.2) is 0 Å². The summed E-state index contributed by atoms with van der Waals surface area (Å²) in [6, 6.07) is 0.959. The molecule has 1 atom stereocenters. The van der Waals surface area contributed by atoms with Gasteiger partial charge in [0.05, 0.1) is 0 Å². The Labute approximate surface area is 133 Å². The van der Waals surface area contributed by atoms with Crippen molar-refractivity contribution in [3.63, 3.8) is 0 Å². The number of likely N-dealkylation sites (tertiary alicyclic amines) is 1. The van der Waals surface area contributed by atoms with Crippen LogP contribution in [0, 0.1) is 11.8 Å². The molecule has 0 radical (unpaired) electrons. The van der Waals surface area contributed by atoms with Gasteiger partial charge in [-0.2, -0.15) is 0 Å². The van der Waals surface area contributed by atoms with Crippen LogP contribution in [0.2, 0.25) is 0 Å². The second kappa shape index (κ2) is 9.84. The van der Waals surface area contributed by atoms with Gasteiger partial charge in [-0.15, -0.1) is 0 Å². The third-order valence-electron chi connectivity index (χ3n) is 5.46. The van der Waals surface area contributed by atoms with E-state index in [1.165, 1.54) is 90.4 Å². The summed E-state index contributed by atoms with van der Waals surface area (Å²) in [4.78, 5) is 2.84. The van der Waals surface area contributed by atoms with Gasteiger partial charge in [-0.1, -0.05) is 39.5 Å². The van der Waals surface area contributed by atoms with E-state index in [1.807, 2.05) is 0 Å². The summed E-state index contributed by atoms with van der Waals surface area (Å²) < 4.78 is 0. The zero-order valence-corrected chi connectivity index (χ0v) is 14.6. The Morgan fingerprint density at radius 2 is 1.71 bits per heavy atom. The molecule has 0 aromatic rings. The summed E-state index contributed by atoms with van der Waals surface area (Å²) in [7, 11) is 0. The van der Waals surface area contributed by atoms with Crippen LogP contribution in [0.1, 0.15) is 78.1 Å². The fourth-order valence-electron chi connectivity index (χ4n) is 4.31. The van der Waals surface area contributed by atoms with E-state index in [0.717, 1.165) is 17.9 Å². The van der Waals surface area contributed by atoms with Crippen molar-refractivity contribution in [1.29, 1.82) is 0 Å². The molecule has 1 aliphatic heterocycles. The smallest absolute Gasteiger partial charge is 0.0124 e. The van der Waals surface area contributed by atoms with E-state index in [1.54, 1.807) is 0 Å². The minimum Gasteiger partial charge on any atom is -0.316 e. The number of hydrogen-bond acceptors (Lipinski definition) is 2. The van der Waals surface area contributed by atoms with Crippen LogP contribution in [-0.2, 0) is 0 Å². The zero-order chi connectivity index (χ0) is 14.9. The highest BCUT2D eigenvalue weighted by molar-refractivity contribution is 4.87. The second-order valence-corrected chi connectivity index (χ2v) is 7.80. The first-order valence-electron chi connectivity index (χ1n) is 9.72. The van der Waals surface area contributed by atoms with Crippen LogP contribution < -0.4 is 5.32 Å². The van der Waals surface area contributed by atoms with Crippen LogP contribution in [-0.4, -0.2) is 37.1 Å². The molecule has 2 aliphatic rings. The Bertz CT molecular complexity index is 258. The van der Waals surface area contributed by atoms with E-state index in [-0.39, 0.29) is 0 Å². The Kier molecular flexibility index (Phi) is 8.10. The SMILES string of the molecule is CC(C)CNCCCCCCN1CCCC1C1CCCC1. The number of rotatable bonds is 10. The van der Waals surface area contributed by atoms with Gasteiger partial charge in [-0.3, -0.25) is 0 Å². The molecule has 0 spiro atoms. The van der Waals surface area contributed by atoms with Crippen molar-refractivity contribution in [1.82, 2.24) is 10.2 Å². The molecule has 124 valence electrons. The lowest BCUT2D eigenvalue weighted by Gasteiger charge is -2.29. The van der Waals surface area contributed by atoms with Crippen molar-refractivity contribution >= 4 is 0 Å². The molecule has 0 bridgehead atoms. The van der Waals surface area contributed by atoms with Gasteiger partial charge < -0.3 is 10.2 Å². The summed E-state index contributed by atoms with van der Waals surface area (Å²) in [5.41, 5.74) is 0. The van der Waals surface area contributed by atoms with Crippen LogP contribution >= 0.6 is 0 Å². The number of nitrogens with one attached hydrogen (secondary N) is 1. The molecular weight excluding hydrogens is 256 g/mol. The van der Waals surface area contributed by atoms with Gasteiger partial charge in [0.1, 0.15) is 0 Å². The summed E-state index contributed by atoms with van der Waals surface area (Å²) in [5.74, 6) is 1.83. The Hall–Kier alpha value is -0.0800. The molecule has 2 fully saturated rings. The number of hydrogen-bond donors (Lipinski definition) is 1. The minimum atomic E-state index is 0.785. The molecule has 1 heterocycles. The predicted molar refractivity (Wildman–Crippen MR) is 92.7 cm³/mol. The normalized spacial score (nSPS) is 24.4. The van der Waals surface area contributed by atoms with Crippen LogP contribution in [0.25, 0.3) is 0 Å². The largest absolute Gasteiger partial charge is 0.316 e. The molecule has 1 saturated heterocycles. The first-order chi connectivity index (χ1) is 10.3. The minimum absolute atomic E-state index is 0.785. The number of unbranched alkanes of at least 4 members (excludes halogenated alkanes) is 3. The molecule has 0 aromatic carbocycles. The van der Waals surface area contributed by atoms with Crippen LogP contribution in [0.4, 0.5) is 0 Å². The van der Waals surface area contributed by atoms with Gasteiger partial charge in [-0.05, 0) is 76.5 Å². The lowest BCUT2D eigenvalue weighted by atomic mass is 9.96. The van der Waals surface area contributed by atoms with Crippen molar-refractivity contribution in [3.8, 4) is 0 Å². The van der Waals surface area contributed by atoms with E-state index >= 15 is 0 Å². The van der Waals surface area contributed by atoms with Crippen LogP contribution in [0.5, 0.6) is 0 Å². The van der Waals surface area contributed by atoms with Crippen molar-refractivity contribution in [2.24, 2.45) is 11.8 Å². The maximum absolute atomic E-state index is 3.55. The molecule has 1 unspecified atom stereocenters. The van der Waals surface area contributed by atoms with Crippen molar-refractivity contribution in [3.05, 3.63) is 0 Å². The van der Waals surface area contributed by atoms with E-state index < -0.39 is 0 Å². The van der Waals surface area contributed by atoms with E-state index in [0.29, 0.717) is 0 Å². The highest BCUT2D eigenvalue weighted by atomic mass is 15.2. The highest BCUT2D eigenvalue weighted by Gasteiger charge is 2.32. The summed E-state index contributed by atoms with van der Waals surface area (Å²) in [6.07, 6.45) is 14.6. The molecule has 2 nitrogen and oxygen atoms in total. The Morgan fingerprint density at radius 1 is 0.952 bits per heavy atom. The summed E-state index contributed by atoms with van der Waals surface area (Å²) >= 11 is 0. The third kappa shape index (κ3) is 6.28. The fraction of sp³-hybridized carbons (Fsp3) is 1.00. The molecule has 0 amide bonds. The quantitative estimate of drug-likeness (QED) is 0.599. The average molecular weight is 295 g/mol. The molecule has 0 aromatic heterocycles. The zero-order valence-electron chi connectivity index (χ0n) is 14.6. The molecule has 2 heteroatoms. The lowest BCUT2D eigenvalue weighted by Crippen LogP contribution is -2.35. The Morgan fingerprint density at radius 3 is 2.48 bits per heavy atom. The van der Waals surface area contributed by atoms with Gasteiger partial charge in [0.2, 0.25) is 0 Å². The maximum atomic E-state index is 3.55. The van der Waals surface area contributed by atoms with E-state index in [2.05, 4.69) is 24.1 Å². The fourth-order valence-corrected chi connectivity index (χ4v) is 4.31. The second-order valence-electron chi connectivity index (χ2n) is 7.80. The van der Waals surface area contributed by atoms with Gasteiger partial charge in [0, 0.05) is 6.04 Å². The highest BCUT2D eigenvalue weighted by Crippen LogP contribution is 2.35. The van der Waals surface area contributed by atoms with Gasteiger partial charge in [0.15, 0.2) is 0 Å². The first-order valence-corrected chi connectivity index (χ1v) is 9.72. The molecule has 1 aliphatic carbocycles. The molecule has 1 N–H and O–H groups in total. The maximum Gasteiger partial charge on any atom is 0.0124 e. The average Bonchev–Trinajstić information content (AvgIpc) is 3.11. The van der Waals surface area contributed by atoms with Crippen molar-refractivity contribution in [2.75, 3.05) is 26.2 Å². The van der Waals surface area contributed by atoms with E-state index in [9.17, 15) is 0 Å². The lowest BCUT2D eigenvalue weighted by molar-refractivity contribution is 0.187. The molecule has 2 rings (SSSR count). The van der Waals surface area contributed by atoms with Crippen LogP contribution in [0.15, 0.2) is 0 Å². The Balaban J connectivity index is 1.48. The first kappa shape index (κ1) is 17.3. The van der Waals surface area contributed by atoms with Crippen molar-refractivity contribution < 1.29 is 0 Å². The van der Waals surface area contributed by atoms with Crippen molar-refractivity contribution in [2.45, 2.75) is 84.1 Å². The van der Waals surface area contributed by atoms with Crippen LogP contribution in [0.3, 0.4) is 0 Å². The third-order valence-corrected chi connectivity index (χ3v) is 5.46. The molecule has 21 heavy (non-hydrogen) atoms. The molecule has 1 saturated carbocycles. The summed E-state index contributed by atoms with van der Waals surface area (Å²) in [5, 5.41) is 3.55.